The number of furan rings is 1. The number of hydrogen-bond donors (Lipinski definition) is 1. The maximum absolute atomic E-state index is 13.2. The van der Waals surface area contributed by atoms with E-state index in [0.717, 1.165) is 15.6 Å². The summed E-state index contributed by atoms with van der Waals surface area (Å²) in [4.78, 5) is 27.7. The van der Waals surface area contributed by atoms with Crippen molar-refractivity contribution < 1.29 is 23.8 Å². The highest BCUT2D eigenvalue weighted by atomic mass is 79.9. The van der Waals surface area contributed by atoms with E-state index < -0.39 is 17.7 Å². The second-order valence-electron chi connectivity index (χ2n) is 8.80. The Morgan fingerprint density at radius 1 is 0.973 bits per heavy atom. The zero-order chi connectivity index (χ0) is 25.9. The average molecular weight is 558 g/mol. The average Bonchev–Trinajstić information content (AvgIpc) is 3.51. The van der Waals surface area contributed by atoms with Gasteiger partial charge in [-0.05, 0) is 72.1 Å². The molecule has 6 nitrogen and oxygen atoms in total. The number of ether oxygens (including phenoxy) is 1. The van der Waals surface area contributed by atoms with Crippen molar-refractivity contribution in [3.05, 3.63) is 129 Å². The van der Waals surface area contributed by atoms with Crippen LogP contribution in [0.3, 0.4) is 0 Å². The molecule has 0 aliphatic carbocycles. The predicted octanol–water partition coefficient (Wildman–Crippen LogP) is 6.55. The molecule has 1 aromatic heterocycles. The van der Waals surface area contributed by atoms with Gasteiger partial charge >= 0.3 is 0 Å². The Morgan fingerprint density at radius 3 is 2.38 bits per heavy atom. The first-order chi connectivity index (χ1) is 17.9. The van der Waals surface area contributed by atoms with Crippen molar-refractivity contribution in [3.8, 4) is 5.75 Å². The summed E-state index contributed by atoms with van der Waals surface area (Å²) >= 11 is 3.42. The third-order valence-electron chi connectivity index (χ3n) is 6.42. The minimum Gasteiger partial charge on any atom is -0.507 e. The number of ketones is 1. The molecule has 1 atom stereocenters. The smallest absolute Gasteiger partial charge is 0.296 e. The maximum Gasteiger partial charge on any atom is 0.296 e. The van der Waals surface area contributed by atoms with Gasteiger partial charge in [-0.25, -0.2) is 0 Å². The molecule has 1 saturated heterocycles. The molecule has 2 heterocycles. The second kappa shape index (κ2) is 10.5. The van der Waals surface area contributed by atoms with E-state index in [2.05, 4.69) is 15.9 Å². The summed E-state index contributed by atoms with van der Waals surface area (Å²) in [7, 11) is 0. The number of aliphatic hydroxyl groups is 1. The van der Waals surface area contributed by atoms with Gasteiger partial charge in [-0.1, -0.05) is 52.3 Å². The lowest BCUT2D eigenvalue weighted by molar-refractivity contribution is -0.140. The number of likely N-dealkylation sites (tertiary alicyclic amines) is 1. The van der Waals surface area contributed by atoms with Crippen molar-refractivity contribution in [2.45, 2.75) is 26.1 Å². The molecule has 7 heteroatoms. The lowest BCUT2D eigenvalue weighted by Gasteiger charge is -2.24. The molecule has 1 fully saturated rings. The van der Waals surface area contributed by atoms with Crippen LogP contribution in [0, 0.1) is 6.92 Å². The van der Waals surface area contributed by atoms with Crippen molar-refractivity contribution >= 4 is 33.4 Å². The highest BCUT2D eigenvalue weighted by Gasteiger charge is 2.46. The summed E-state index contributed by atoms with van der Waals surface area (Å²) in [5.74, 6) is -0.499. The van der Waals surface area contributed by atoms with Crippen LogP contribution in [0.5, 0.6) is 5.75 Å². The van der Waals surface area contributed by atoms with Crippen LogP contribution in [-0.4, -0.2) is 21.7 Å². The van der Waals surface area contributed by atoms with E-state index in [9.17, 15) is 14.7 Å². The largest absolute Gasteiger partial charge is 0.507 e. The monoisotopic (exact) mass is 557 g/mol. The normalized spacial score (nSPS) is 16.8. The molecular formula is C30H24BrNO5. The lowest BCUT2D eigenvalue weighted by atomic mass is 9.95. The fourth-order valence-corrected chi connectivity index (χ4v) is 4.67. The SMILES string of the molecule is Cc1ccccc1COc1ccc(/C(O)=C2\C(=O)C(=O)N(Cc3ccco3)C2c2ccc(Br)cc2)cc1. The first-order valence-electron chi connectivity index (χ1n) is 11.8. The number of carbonyl (C=O) groups excluding carboxylic acids is 2. The van der Waals surface area contributed by atoms with Gasteiger partial charge in [-0.2, -0.15) is 0 Å². The van der Waals surface area contributed by atoms with Crippen LogP contribution < -0.4 is 4.74 Å². The van der Waals surface area contributed by atoms with Crippen molar-refractivity contribution in [3.63, 3.8) is 0 Å². The number of nitrogens with zero attached hydrogens (tertiary/aromatic N) is 1. The van der Waals surface area contributed by atoms with Crippen molar-refractivity contribution in [2.75, 3.05) is 0 Å². The van der Waals surface area contributed by atoms with Gasteiger partial charge in [-0.15, -0.1) is 0 Å². The molecule has 3 aromatic carbocycles. The fourth-order valence-electron chi connectivity index (χ4n) is 4.40. The van der Waals surface area contributed by atoms with Gasteiger partial charge in [0, 0.05) is 10.0 Å². The summed E-state index contributed by atoms with van der Waals surface area (Å²) < 4.78 is 12.2. The zero-order valence-electron chi connectivity index (χ0n) is 20.1. The molecule has 1 aliphatic rings. The van der Waals surface area contributed by atoms with E-state index in [4.69, 9.17) is 9.15 Å². The molecule has 0 bridgehead atoms. The van der Waals surface area contributed by atoms with Gasteiger partial charge < -0.3 is 19.2 Å². The van der Waals surface area contributed by atoms with E-state index in [1.807, 2.05) is 55.5 Å². The van der Waals surface area contributed by atoms with Crippen molar-refractivity contribution in [2.24, 2.45) is 0 Å². The quantitative estimate of drug-likeness (QED) is 0.158. The van der Waals surface area contributed by atoms with Crippen LogP contribution in [0.15, 0.2) is 106 Å². The van der Waals surface area contributed by atoms with E-state index in [0.29, 0.717) is 29.2 Å². The standard InChI is InChI=1S/C30H24BrNO5/c1-19-5-2-3-6-22(19)18-37-24-14-10-21(11-15-24)28(33)26-27(20-8-12-23(31)13-9-20)32(30(35)29(26)34)17-25-7-4-16-36-25/h2-16,27,33H,17-18H2,1H3/b28-26+. The molecule has 0 radical (unpaired) electrons. The van der Waals surface area contributed by atoms with Crippen molar-refractivity contribution in [1.82, 2.24) is 4.90 Å². The Labute approximate surface area is 222 Å². The highest BCUT2D eigenvalue weighted by Crippen LogP contribution is 2.40. The number of aliphatic hydroxyl groups excluding tert-OH is 1. The van der Waals surface area contributed by atoms with Gasteiger partial charge in [0.05, 0.1) is 24.4 Å². The van der Waals surface area contributed by atoms with Gasteiger partial charge in [0.25, 0.3) is 11.7 Å². The molecule has 1 unspecified atom stereocenters. The summed E-state index contributed by atoms with van der Waals surface area (Å²) in [6.07, 6.45) is 1.52. The summed E-state index contributed by atoms with van der Waals surface area (Å²) in [5, 5.41) is 11.3. The van der Waals surface area contributed by atoms with Crippen LogP contribution in [0.1, 0.15) is 34.1 Å². The Kier molecular flexibility index (Phi) is 6.97. The Hall–Kier alpha value is -4.10. The van der Waals surface area contributed by atoms with Crippen LogP contribution in [0.4, 0.5) is 0 Å². The Bertz CT molecular complexity index is 1460. The molecule has 0 spiro atoms. The van der Waals surface area contributed by atoms with Gasteiger partial charge in [0.15, 0.2) is 0 Å². The molecule has 1 N–H and O–H groups in total. The van der Waals surface area contributed by atoms with Crippen LogP contribution in [0.2, 0.25) is 0 Å². The summed E-state index contributed by atoms with van der Waals surface area (Å²) in [6, 6.07) is 24.9. The molecule has 4 aromatic rings. The van der Waals surface area contributed by atoms with E-state index in [1.54, 1.807) is 36.4 Å². The number of hydrogen-bond acceptors (Lipinski definition) is 5. The van der Waals surface area contributed by atoms with E-state index in [1.165, 1.54) is 11.2 Å². The third kappa shape index (κ3) is 5.08. The van der Waals surface area contributed by atoms with Crippen LogP contribution in [-0.2, 0) is 22.7 Å². The Balaban J connectivity index is 1.47. The molecule has 5 rings (SSSR count). The van der Waals surface area contributed by atoms with Crippen molar-refractivity contribution in [1.29, 1.82) is 0 Å². The molecular weight excluding hydrogens is 534 g/mol. The number of aryl methyl sites for hydroxylation is 1. The highest BCUT2D eigenvalue weighted by molar-refractivity contribution is 9.10. The van der Waals surface area contributed by atoms with Crippen LogP contribution >= 0.6 is 15.9 Å². The van der Waals surface area contributed by atoms with E-state index in [-0.39, 0.29) is 17.9 Å². The third-order valence-corrected chi connectivity index (χ3v) is 6.94. The number of carbonyl (C=O) groups is 2. The number of Topliss-reactive ketones (excluding diaryl/α,β-unsaturated/α-hetero) is 1. The molecule has 0 saturated carbocycles. The minimum absolute atomic E-state index is 0.0347. The number of halogens is 1. The lowest BCUT2D eigenvalue weighted by Crippen LogP contribution is -2.29. The van der Waals surface area contributed by atoms with Gasteiger partial charge in [0.2, 0.25) is 0 Å². The van der Waals surface area contributed by atoms with Gasteiger partial charge in [0.1, 0.15) is 23.9 Å². The number of rotatable bonds is 7. The maximum atomic E-state index is 13.2. The number of amides is 1. The molecule has 1 amide bonds. The topological polar surface area (TPSA) is 80.0 Å². The van der Waals surface area contributed by atoms with Crippen LogP contribution in [0.25, 0.3) is 5.76 Å². The first kappa shape index (κ1) is 24.6. The first-order valence-corrected chi connectivity index (χ1v) is 12.6. The second-order valence-corrected chi connectivity index (χ2v) is 9.71. The zero-order valence-corrected chi connectivity index (χ0v) is 21.6. The fraction of sp³-hybridized carbons (Fsp3) is 0.133. The van der Waals surface area contributed by atoms with E-state index >= 15 is 0 Å². The number of benzene rings is 3. The molecule has 1 aliphatic heterocycles. The summed E-state index contributed by atoms with van der Waals surface area (Å²) in [6.45, 7) is 2.54. The predicted molar refractivity (Wildman–Crippen MR) is 143 cm³/mol. The minimum atomic E-state index is -0.768. The molecule has 186 valence electrons. The Morgan fingerprint density at radius 2 is 1.70 bits per heavy atom. The van der Waals surface area contributed by atoms with Gasteiger partial charge in [-0.3, -0.25) is 9.59 Å². The molecule has 37 heavy (non-hydrogen) atoms. The summed E-state index contributed by atoms with van der Waals surface area (Å²) in [5.41, 5.74) is 3.38.